The molecule has 0 saturated heterocycles. The van der Waals surface area contributed by atoms with Crippen molar-refractivity contribution in [1.82, 2.24) is 0 Å². The molecule has 0 fully saturated rings. The molecule has 1 heterocycles. The van der Waals surface area contributed by atoms with Crippen LogP contribution in [0.25, 0.3) is 0 Å². The zero-order valence-corrected chi connectivity index (χ0v) is 13.9. The molecule has 0 aromatic heterocycles. The summed E-state index contributed by atoms with van der Waals surface area (Å²) in [5.41, 5.74) is 1.20. The van der Waals surface area contributed by atoms with E-state index in [4.69, 9.17) is 9.47 Å². The quantitative estimate of drug-likeness (QED) is 0.665. The second-order valence-corrected chi connectivity index (χ2v) is 6.42. The first-order chi connectivity index (χ1) is 11.8. The second-order valence-electron chi connectivity index (χ2n) is 6.42. The third-order valence-corrected chi connectivity index (χ3v) is 3.78. The van der Waals surface area contributed by atoms with Crippen molar-refractivity contribution in [2.75, 3.05) is 11.9 Å². The van der Waals surface area contributed by atoms with Crippen LogP contribution in [0.4, 0.5) is 11.4 Å². The van der Waals surface area contributed by atoms with E-state index < -0.39 is 4.92 Å². The molecule has 130 valence electrons. The van der Waals surface area contributed by atoms with Gasteiger partial charge in [0.2, 0.25) is 0 Å². The number of benzene rings is 2. The first-order valence-corrected chi connectivity index (χ1v) is 7.82. The molecule has 0 saturated carbocycles. The fourth-order valence-corrected chi connectivity index (χ4v) is 2.71. The number of para-hydroxylation sites is 1. The predicted molar refractivity (Wildman–Crippen MR) is 92.1 cm³/mol. The van der Waals surface area contributed by atoms with Crippen molar-refractivity contribution in [1.29, 1.82) is 0 Å². The Labute approximate surface area is 144 Å². The summed E-state index contributed by atoms with van der Waals surface area (Å²) >= 11 is 0. The summed E-state index contributed by atoms with van der Waals surface area (Å²) in [6.45, 7) is 3.81. The lowest BCUT2D eigenvalue weighted by Gasteiger charge is -2.18. The van der Waals surface area contributed by atoms with E-state index in [2.05, 4.69) is 5.32 Å². The molecule has 1 aliphatic rings. The zero-order chi connectivity index (χ0) is 18.0. The number of carbonyl (C=O) groups excluding carboxylic acids is 1. The molecule has 0 spiro atoms. The van der Waals surface area contributed by atoms with E-state index in [-0.39, 0.29) is 23.8 Å². The fraction of sp³-hybridized carbons (Fsp3) is 0.278. The number of nitrogens with one attached hydrogen (secondary N) is 1. The van der Waals surface area contributed by atoms with E-state index in [0.29, 0.717) is 17.2 Å². The lowest BCUT2D eigenvalue weighted by Crippen LogP contribution is -2.25. The minimum atomic E-state index is -0.494. The molecule has 0 aliphatic carbocycles. The molecule has 0 atom stereocenters. The number of nitro benzene ring substituents is 1. The summed E-state index contributed by atoms with van der Waals surface area (Å²) in [4.78, 5) is 22.1. The average molecular weight is 342 g/mol. The van der Waals surface area contributed by atoms with Crippen molar-refractivity contribution >= 4 is 17.3 Å². The first-order valence-electron chi connectivity index (χ1n) is 7.82. The normalized spacial score (nSPS) is 14.3. The molecule has 1 aliphatic heterocycles. The highest BCUT2D eigenvalue weighted by atomic mass is 16.6. The molecular formula is C18H18N2O5. The molecule has 1 N–H and O–H groups in total. The number of anilines is 1. The predicted octanol–water partition coefficient (Wildman–Crippen LogP) is 3.33. The topological polar surface area (TPSA) is 90.7 Å². The molecule has 2 aromatic carbocycles. The Balaban J connectivity index is 1.60. The van der Waals surface area contributed by atoms with Crippen LogP contribution < -0.4 is 14.8 Å². The summed E-state index contributed by atoms with van der Waals surface area (Å²) in [6, 6.07) is 11.2. The Morgan fingerprint density at radius 1 is 1.28 bits per heavy atom. The van der Waals surface area contributed by atoms with Crippen molar-refractivity contribution in [2.24, 2.45) is 0 Å². The van der Waals surface area contributed by atoms with E-state index in [1.807, 2.05) is 26.0 Å². The molecule has 0 radical (unpaired) electrons. The molecule has 7 nitrogen and oxygen atoms in total. The Morgan fingerprint density at radius 3 is 2.68 bits per heavy atom. The van der Waals surface area contributed by atoms with Gasteiger partial charge in [-0.05, 0) is 32.0 Å². The van der Waals surface area contributed by atoms with E-state index >= 15 is 0 Å². The van der Waals surface area contributed by atoms with Gasteiger partial charge in [-0.15, -0.1) is 0 Å². The van der Waals surface area contributed by atoms with Gasteiger partial charge in [-0.25, -0.2) is 0 Å². The van der Waals surface area contributed by atoms with Gasteiger partial charge in [-0.1, -0.05) is 12.1 Å². The number of non-ortho nitro benzene ring substituents is 1. The largest absolute Gasteiger partial charge is 0.483 e. The van der Waals surface area contributed by atoms with Crippen LogP contribution in [0.1, 0.15) is 19.4 Å². The second kappa shape index (κ2) is 6.43. The van der Waals surface area contributed by atoms with Gasteiger partial charge in [0, 0.05) is 29.8 Å². The van der Waals surface area contributed by atoms with Crippen LogP contribution in [0, 0.1) is 10.1 Å². The molecule has 0 unspecified atom stereocenters. The standard InChI is InChI=1S/C18H18N2O5/c1-18(2)10-12-4-3-5-15(17(12)25-18)24-11-16(21)19-13-6-8-14(9-7-13)20(22)23/h3-9H,10-11H2,1-2H3,(H,19,21). The summed E-state index contributed by atoms with van der Waals surface area (Å²) in [7, 11) is 0. The Morgan fingerprint density at radius 2 is 2.00 bits per heavy atom. The monoisotopic (exact) mass is 342 g/mol. The van der Waals surface area contributed by atoms with Crippen LogP contribution >= 0.6 is 0 Å². The number of amides is 1. The van der Waals surface area contributed by atoms with Crippen LogP contribution in [0.2, 0.25) is 0 Å². The first kappa shape index (κ1) is 16.8. The van der Waals surface area contributed by atoms with Gasteiger partial charge in [-0.2, -0.15) is 0 Å². The lowest BCUT2D eigenvalue weighted by atomic mass is 10.0. The van der Waals surface area contributed by atoms with Crippen molar-refractivity contribution in [3.63, 3.8) is 0 Å². The number of nitrogens with zero attached hydrogens (tertiary/aromatic N) is 1. The molecule has 1 amide bonds. The van der Waals surface area contributed by atoms with Gasteiger partial charge >= 0.3 is 0 Å². The van der Waals surface area contributed by atoms with Gasteiger partial charge in [0.15, 0.2) is 18.1 Å². The maximum absolute atomic E-state index is 12.0. The number of hydrogen-bond acceptors (Lipinski definition) is 5. The smallest absolute Gasteiger partial charge is 0.269 e. The highest BCUT2D eigenvalue weighted by molar-refractivity contribution is 5.92. The maximum atomic E-state index is 12.0. The van der Waals surface area contributed by atoms with Gasteiger partial charge in [0.25, 0.3) is 11.6 Å². The fourth-order valence-electron chi connectivity index (χ4n) is 2.71. The number of ether oxygens (including phenoxy) is 2. The van der Waals surface area contributed by atoms with E-state index in [0.717, 1.165) is 12.0 Å². The Hall–Kier alpha value is -3.09. The summed E-state index contributed by atoms with van der Waals surface area (Å²) in [5, 5.41) is 13.3. The molecule has 7 heteroatoms. The van der Waals surface area contributed by atoms with Crippen molar-refractivity contribution in [3.05, 3.63) is 58.1 Å². The summed E-state index contributed by atoms with van der Waals surface area (Å²) in [5.74, 6) is 0.848. The third kappa shape index (κ3) is 3.88. The SMILES string of the molecule is CC1(C)Cc2cccc(OCC(=O)Nc3ccc([N+](=O)[O-])cc3)c2O1. The van der Waals surface area contributed by atoms with Gasteiger partial charge in [-0.3, -0.25) is 14.9 Å². The molecular weight excluding hydrogens is 324 g/mol. The van der Waals surface area contributed by atoms with Crippen LogP contribution in [0.3, 0.4) is 0 Å². The summed E-state index contributed by atoms with van der Waals surface area (Å²) in [6.07, 6.45) is 0.786. The van der Waals surface area contributed by atoms with Crippen LogP contribution in [-0.4, -0.2) is 23.0 Å². The van der Waals surface area contributed by atoms with Crippen LogP contribution in [0.5, 0.6) is 11.5 Å². The number of carbonyl (C=O) groups is 1. The molecule has 3 rings (SSSR count). The summed E-state index contributed by atoms with van der Waals surface area (Å²) < 4.78 is 11.5. The van der Waals surface area contributed by atoms with Gasteiger partial charge < -0.3 is 14.8 Å². The number of hydrogen-bond donors (Lipinski definition) is 1. The molecule has 25 heavy (non-hydrogen) atoms. The number of fused-ring (bicyclic) bond motifs is 1. The average Bonchev–Trinajstić information content (AvgIpc) is 2.87. The van der Waals surface area contributed by atoms with Crippen molar-refractivity contribution in [3.8, 4) is 11.5 Å². The highest BCUT2D eigenvalue weighted by Gasteiger charge is 2.32. The maximum Gasteiger partial charge on any atom is 0.269 e. The lowest BCUT2D eigenvalue weighted by molar-refractivity contribution is -0.384. The third-order valence-electron chi connectivity index (χ3n) is 3.78. The van der Waals surface area contributed by atoms with Crippen LogP contribution in [-0.2, 0) is 11.2 Å². The van der Waals surface area contributed by atoms with Gasteiger partial charge in [0.1, 0.15) is 5.60 Å². The Kier molecular flexibility index (Phi) is 4.31. The van der Waals surface area contributed by atoms with E-state index in [1.54, 1.807) is 6.07 Å². The highest BCUT2D eigenvalue weighted by Crippen LogP contribution is 2.41. The van der Waals surface area contributed by atoms with Crippen LogP contribution in [0.15, 0.2) is 42.5 Å². The number of rotatable bonds is 5. The van der Waals surface area contributed by atoms with E-state index in [1.165, 1.54) is 24.3 Å². The zero-order valence-electron chi connectivity index (χ0n) is 13.9. The van der Waals surface area contributed by atoms with Crippen molar-refractivity contribution < 1.29 is 19.2 Å². The molecule has 0 bridgehead atoms. The minimum absolute atomic E-state index is 0.0335. The molecule has 2 aromatic rings. The minimum Gasteiger partial charge on any atom is -0.483 e. The van der Waals surface area contributed by atoms with Gasteiger partial charge in [0.05, 0.1) is 4.92 Å². The number of nitro groups is 1. The van der Waals surface area contributed by atoms with E-state index in [9.17, 15) is 14.9 Å². The Bertz CT molecular complexity index is 815. The van der Waals surface area contributed by atoms with Crippen molar-refractivity contribution in [2.45, 2.75) is 25.9 Å².